The molecule has 0 unspecified atom stereocenters. The van der Waals surface area contributed by atoms with E-state index in [-0.39, 0.29) is 0 Å². The zero-order valence-corrected chi connectivity index (χ0v) is 8.21. The third kappa shape index (κ3) is 1.38. The molecule has 0 bridgehead atoms. The van der Waals surface area contributed by atoms with E-state index in [4.69, 9.17) is 4.18 Å². The van der Waals surface area contributed by atoms with Gasteiger partial charge in [0.15, 0.2) is 0 Å². The minimum atomic E-state index is 0.810. The third-order valence-electron chi connectivity index (χ3n) is 2.20. The molecular formula is C11H10OS. The molecule has 2 rings (SSSR count). The van der Waals surface area contributed by atoms with Gasteiger partial charge in [-0.2, -0.15) is 0 Å². The molecule has 2 heteroatoms. The van der Waals surface area contributed by atoms with E-state index in [1.54, 1.807) is 0 Å². The van der Waals surface area contributed by atoms with E-state index in [2.05, 4.69) is 25.9 Å². The standard InChI is InChI=1S/C11H10OS/c1-8-6-7-11(12-13)10-5-3-2-4-9(8)10/h2-7,13H,1H3. The van der Waals surface area contributed by atoms with Crippen LogP contribution in [0.4, 0.5) is 0 Å². The van der Waals surface area contributed by atoms with E-state index < -0.39 is 0 Å². The zero-order valence-electron chi connectivity index (χ0n) is 7.32. The highest BCUT2D eigenvalue weighted by Gasteiger charge is 2.01. The minimum absolute atomic E-state index is 0.810. The van der Waals surface area contributed by atoms with Crippen molar-refractivity contribution in [3.63, 3.8) is 0 Å². The molecule has 13 heavy (non-hydrogen) atoms. The van der Waals surface area contributed by atoms with E-state index in [9.17, 15) is 0 Å². The highest BCUT2D eigenvalue weighted by atomic mass is 32.1. The van der Waals surface area contributed by atoms with Gasteiger partial charge in [0.2, 0.25) is 0 Å². The van der Waals surface area contributed by atoms with E-state index in [0.29, 0.717) is 0 Å². The normalized spacial score (nSPS) is 10.3. The Morgan fingerprint density at radius 2 is 1.69 bits per heavy atom. The van der Waals surface area contributed by atoms with E-state index >= 15 is 0 Å². The molecule has 0 aliphatic heterocycles. The number of thiol groups is 1. The molecule has 0 fully saturated rings. The molecule has 1 nitrogen and oxygen atoms in total. The summed E-state index contributed by atoms with van der Waals surface area (Å²) in [6.45, 7) is 2.09. The molecule has 66 valence electrons. The van der Waals surface area contributed by atoms with Gasteiger partial charge in [0.25, 0.3) is 0 Å². The molecule has 0 amide bonds. The first-order valence-electron chi connectivity index (χ1n) is 4.12. The number of rotatable bonds is 1. The topological polar surface area (TPSA) is 9.23 Å². The first-order chi connectivity index (χ1) is 6.33. The lowest BCUT2D eigenvalue weighted by atomic mass is 10.1. The summed E-state index contributed by atoms with van der Waals surface area (Å²) in [5.74, 6) is 0.810. The molecule has 2 aromatic carbocycles. The van der Waals surface area contributed by atoms with Gasteiger partial charge in [-0.25, -0.2) is 0 Å². The van der Waals surface area contributed by atoms with Crippen molar-refractivity contribution in [2.45, 2.75) is 6.92 Å². The van der Waals surface area contributed by atoms with Gasteiger partial charge >= 0.3 is 0 Å². The Bertz CT molecular complexity index is 437. The lowest BCUT2D eigenvalue weighted by Crippen LogP contribution is -1.82. The molecule has 0 radical (unpaired) electrons. The van der Waals surface area contributed by atoms with Crippen molar-refractivity contribution in [3.05, 3.63) is 42.0 Å². The molecular weight excluding hydrogens is 180 g/mol. The van der Waals surface area contributed by atoms with Crippen LogP contribution in [0.25, 0.3) is 10.8 Å². The smallest absolute Gasteiger partial charge is 0.144 e. The quantitative estimate of drug-likeness (QED) is 0.536. The van der Waals surface area contributed by atoms with Gasteiger partial charge in [-0.15, -0.1) is 0 Å². The van der Waals surface area contributed by atoms with Gasteiger partial charge in [-0.3, -0.25) is 0 Å². The van der Waals surface area contributed by atoms with Crippen molar-refractivity contribution < 1.29 is 4.18 Å². The van der Waals surface area contributed by atoms with E-state index in [1.165, 1.54) is 10.9 Å². The predicted molar refractivity (Wildman–Crippen MR) is 58.3 cm³/mol. The highest BCUT2D eigenvalue weighted by molar-refractivity contribution is 7.75. The Labute approximate surface area is 83.0 Å². The minimum Gasteiger partial charge on any atom is -0.428 e. The molecule has 0 aromatic heterocycles. The van der Waals surface area contributed by atoms with Crippen LogP contribution in [0.15, 0.2) is 36.4 Å². The molecule has 0 saturated heterocycles. The fourth-order valence-electron chi connectivity index (χ4n) is 1.50. The van der Waals surface area contributed by atoms with E-state index in [0.717, 1.165) is 11.1 Å². The number of fused-ring (bicyclic) bond motifs is 1. The van der Waals surface area contributed by atoms with Crippen LogP contribution in [0.1, 0.15) is 5.56 Å². The zero-order chi connectivity index (χ0) is 9.26. The largest absolute Gasteiger partial charge is 0.428 e. The summed E-state index contributed by atoms with van der Waals surface area (Å²) in [4.78, 5) is 0. The maximum absolute atomic E-state index is 4.98. The first-order valence-corrected chi connectivity index (χ1v) is 4.49. The van der Waals surface area contributed by atoms with Crippen LogP contribution in [-0.2, 0) is 0 Å². The Kier molecular flexibility index (Phi) is 2.15. The summed E-state index contributed by atoms with van der Waals surface area (Å²) in [7, 11) is 0. The van der Waals surface area contributed by atoms with Crippen molar-refractivity contribution >= 4 is 23.7 Å². The summed E-state index contributed by atoms with van der Waals surface area (Å²) in [6, 6.07) is 12.1. The second kappa shape index (κ2) is 3.30. The van der Waals surface area contributed by atoms with E-state index in [1.807, 2.05) is 30.3 Å². The molecule has 0 heterocycles. The van der Waals surface area contributed by atoms with Crippen LogP contribution in [0, 0.1) is 6.92 Å². The Hall–Kier alpha value is -1.15. The summed E-state index contributed by atoms with van der Waals surface area (Å²) in [5.41, 5.74) is 1.25. The average molecular weight is 190 g/mol. The Morgan fingerprint density at radius 1 is 1.00 bits per heavy atom. The highest BCUT2D eigenvalue weighted by Crippen LogP contribution is 2.28. The Morgan fingerprint density at radius 3 is 2.38 bits per heavy atom. The first kappa shape index (κ1) is 8.45. The predicted octanol–water partition coefficient (Wildman–Crippen LogP) is 3.37. The molecule has 0 aliphatic rings. The molecule has 0 saturated carbocycles. The van der Waals surface area contributed by atoms with Crippen molar-refractivity contribution in [1.82, 2.24) is 0 Å². The van der Waals surface area contributed by atoms with Crippen molar-refractivity contribution in [1.29, 1.82) is 0 Å². The maximum atomic E-state index is 4.98. The molecule has 0 spiro atoms. The number of aryl methyl sites for hydroxylation is 1. The van der Waals surface area contributed by atoms with Gasteiger partial charge in [-0.1, -0.05) is 30.3 Å². The summed E-state index contributed by atoms with van der Waals surface area (Å²) in [5, 5.41) is 2.33. The van der Waals surface area contributed by atoms with Gasteiger partial charge in [0, 0.05) is 18.3 Å². The molecule has 2 aromatic rings. The lowest BCUT2D eigenvalue weighted by molar-refractivity contribution is 0.667. The third-order valence-corrected chi connectivity index (χ3v) is 2.40. The van der Waals surface area contributed by atoms with Crippen LogP contribution >= 0.6 is 12.9 Å². The molecule has 0 aliphatic carbocycles. The summed E-state index contributed by atoms with van der Waals surface area (Å²) in [6.07, 6.45) is 0. The van der Waals surface area contributed by atoms with Crippen LogP contribution in [-0.4, -0.2) is 0 Å². The van der Waals surface area contributed by atoms with Gasteiger partial charge < -0.3 is 4.18 Å². The monoisotopic (exact) mass is 190 g/mol. The van der Waals surface area contributed by atoms with Crippen LogP contribution in [0.5, 0.6) is 5.75 Å². The van der Waals surface area contributed by atoms with Gasteiger partial charge in [0.1, 0.15) is 5.75 Å². The van der Waals surface area contributed by atoms with Crippen LogP contribution in [0.3, 0.4) is 0 Å². The second-order valence-electron chi connectivity index (χ2n) is 3.02. The van der Waals surface area contributed by atoms with Crippen LogP contribution < -0.4 is 4.18 Å². The SMILES string of the molecule is Cc1ccc(OS)c2ccccc12. The Balaban J connectivity index is 2.84. The van der Waals surface area contributed by atoms with Gasteiger partial charge in [-0.05, 0) is 23.9 Å². The molecule has 0 atom stereocenters. The van der Waals surface area contributed by atoms with Crippen molar-refractivity contribution in [2.24, 2.45) is 0 Å². The fourth-order valence-corrected chi connectivity index (χ4v) is 1.66. The number of benzene rings is 2. The van der Waals surface area contributed by atoms with Crippen LogP contribution in [0.2, 0.25) is 0 Å². The number of hydrogen-bond donors (Lipinski definition) is 1. The maximum Gasteiger partial charge on any atom is 0.144 e. The lowest BCUT2D eigenvalue weighted by Gasteiger charge is -2.05. The summed E-state index contributed by atoms with van der Waals surface area (Å²) < 4.78 is 4.98. The van der Waals surface area contributed by atoms with Crippen molar-refractivity contribution in [2.75, 3.05) is 0 Å². The van der Waals surface area contributed by atoms with Gasteiger partial charge in [0.05, 0.1) is 0 Å². The fraction of sp³-hybridized carbons (Fsp3) is 0.0909. The molecule has 0 N–H and O–H groups in total. The number of hydrogen-bond acceptors (Lipinski definition) is 2. The second-order valence-corrected chi connectivity index (χ2v) is 3.20. The summed E-state index contributed by atoms with van der Waals surface area (Å²) >= 11 is 3.82. The van der Waals surface area contributed by atoms with Crippen molar-refractivity contribution in [3.8, 4) is 5.75 Å². The average Bonchev–Trinajstić information content (AvgIpc) is 2.19.